The number of rotatable bonds is 4. The van der Waals surface area contributed by atoms with Crippen LogP contribution in [-0.4, -0.2) is 36.1 Å². The van der Waals surface area contributed by atoms with Crippen molar-refractivity contribution >= 4 is 17.0 Å². The van der Waals surface area contributed by atoms with Gasteiger partial charge in [0.05, 0.1) is 23.4 Å². The number of anilines is 1. The largest absolute Gasteiger partial charge is 0.485 e. The van der Waals surface area contributed by atoms with Crippen LogP contribution in [-0.2, 0) is 6.54 Å². The molecule has 0 bridgehead atoms. The molecule has 0 amide bonds. The summed E-state index contributed by atoms with van der Waals surface area (Å²) in [6.45, 7) is 4.74. The van der Waals surface area contributed by atoms with E-state index in [1.807, 2.05) is 23.7 Å². The van der Waals surface area contributed by atoms with Crippen LogP contribution in [0.3, 0.4) is 0 Å². The fourth-order valence-electron chi connectivity index (χ4n) is 2.40. The average Bonchev–Trinajstić information content (AvgIpc) is 2.84. The summed E-state index contributed by atoms with van der Waals surface area (Å²) < 4.78 is 6.04. The molecule has 0 radical (unpaired) electrons. The van der Waals surface area contributed by atoms with Gasteiger partial charge in [0.15, 0.2) is 0 Å². The summed E-state index contributed by atoms with van der Waals surface area (Å²) in [7, 11) is 2.13. The van der Waals surface area contributed by atoms with Gasteiger partial charge in [0, 0.05) is 18.0 Å². The monoisotopic (exact) mass is 289 g/mol. The minimum Gasteiger partial charge on any atom is -0.485 e. The van der Waals surface area contributed by atoms with Gasteiger partial charge in [-0.2, -0.15) is 0 Å². The van der Waals surface area contributed by atoms with Crippen LogP contribution in [0.4, 0.5) is 5.69 Å². The molecule has 5 heteroatoms. The summed E-state index contributed by atoms with van der Waals surface area (Å²) in [5.74, 6) is 0.950. The number of nitrogens with one attached hydrogen (secondary N) is 1. The Morgan fingerprint density at radius 1 is 1.45 bits per heavy atom. The molecule has 2 aromatic rings. The van der Waals surface area contributed by atoms with E-state index in [-0.39, 0.29) is 6.10 Å². The molecule has 0 saturated heterocycles. The van der Waals surface area contributed by atoms with E-state index in [2.05, 4.69) is 35.2 Å². The van der Waals surface area contributed by atoms with Crippen LogP contribution in [0.5, 0.6) is 5.75 Å². The zero-order valence-corrected chi connectivity index (χ0v) is 12.6. The van der Waals surface area contributed by atoms with E-state index >= 15 is 0 Å². The van der Waals surface area contributed by atoms with E-state index in [4.69, 9.17) is 4.74 Å². The highest BCUT2D eigenvalue weighted by molar-refractivity contribution is 7.09. The number of para-hydroxylation sites is 2. The van der Waals surface area contributed by atoms with E-state index in [1.54, 1.807) is 11.3 Å². The maximum absolute atomic E-state index is 6.04. The van der Waals surface area contributed by atoms with Crippen molar-refractivity contribution in [2.24, 2.45) is 0 Å². The number of likely N-dealkylation sites (N-methyl/N-ethyl adjacent to an activating group) is 1. The van der Waals surface area contributed by atoms with Crippen LogP contribution in [0, 0.1) is 6.92 Å². The molecule has 1 aliphatic heterocycles. The maximum atomic E-state index is 6.04. The lowest BCUT2D eigenvalue weighted by atomic mass is 10.2. The minimum absolute atomic E-state index is 0.183. The standard InChI is InChI=1S/C15H19N3OS/c1-11-15(20-10-17-11)9-18(2)8-12-7-16-13-5-3-4-6-14(13)19-12/h3-6,10,12,16H,7-9H2,1-2H3. The molecule has 2 heterocycles. The molecule has 1 atom stereocenters. The lowest BCUT2D eigenvalue weighted by Crippen LogP contribution is -2.40. The Morgan fingerprint density at radius 3 is 3.10 bits per heavy atom. The first-order valence-electron chi connectivity index (χ1n) is 6.79. The molecule has 0 spiro atoms. The highest BCUT2D eigenvalue weighted by Crippen LogP contribution is 2.28. The first-order valence-corrected chi connectivity index (χ1v) is 7.67. The molecule has 106 valence electrons. The second-order valence-corrected chi connectivity index (χ2v) is 6.11. The van der Waals surface area contributed by atoms with E-state index in [0.717, 1.165) is 36.8 Å². The summed E-state index contributed by atoms with van der Waals surface area (Å²) in [5.41, 5.74) is 4.13. The predicted molar refractivity (Wildman–Crippen MR) is 82.5 cm³/mol. The van der Waals surface area contributed by atoms with Crippen molar-refractivity contribution in [1.29, 1.82) is 0 Å². The number of aryl methyl sites for hydroxylation is 1. The molecule has 1 aromatic heterocycles. The Bertz CT molecular complexity index is 584. The van der Waals surface area contributed by atoms with E-state index in [0.29, 0.717) is 0 Å². The lowest BCUT2D eigenvalue weighted by molar-refractivity contribution is 0.148. The van der Waals surface area contributed by atoms with Gasteiger partial charge in [0.2, 0.25) is 0 Å². The number of fused-ring (bicyclic) bond motifs is 1. The van der Waals surface area contributed by atoms with Crippen molar-refractivity contribution in [1.82, 2.24) is 9.88 Å². The quantitative estimate of drug-likeness (QED) is 0.939. The van der Waals surface area contributed by atoms with Gasteiger partial charge in [0.25, 0.3) is 0 Å². The highest BCUT2D eigenvalue weighted by Gasteiger charge is 2.20. The molecule has 1 N–H and O–H groups in total. The Kier molecular flexibility index (Phi) is 3.89. The molecule has 4 nitrogen and oxygen atoms in total. The van der Waals surface area contributed by atoms with Gasteiger partial charge in [-0.05, 0) is 26.1 Å². The minimum atomic E-state index is 0.183. The molecular weight excluding hydrogens is 270 g/mol. The first-order chi connectivity index (χ1) is 9.72. The molecule has 1 aromatic carbocycles. The highest BCUT2D eigenvalue weighted by atomic mass is 32.1. The van der Waals surface area contributed by atoms with Gasteiger partial charge in [-0.25, -0.2) is 4.98 Å². The van der Waals surface area contributed by atoms with E-state index in [9.17, 15) is 0 Å². The van der Waals surface area contributed by atoms with Gasteiger partial charge in [-0.15, -0.1) is 11.3 Å². The van der Waals surface area contributed by atoms with Gasteiger partial charge in [-0.3, -0.25) is 4.90 Å². The molecule has 0 fully saturated rings. The smallest absolute Gasteiger partial charge is 0.142 e. The summed E-state index contributed by atoms with van der Waals surface area (Å²) in [4.78, 5) is 7.92. The van der Waals surface area contributed by atoms with Crippen molar-refractivity contribution in [3.8, 4) is 5.75 Å². The number of aromatic nitrogens is 1. The van der Waals surface area contributed by atoms with Gasteiger partial charge in [-0.1, -0.05) is 12.1 Å². The number of ether oxygens (including phenoxy) is 1. The summed E-state index contributed by atoms with van der Waals surface area (Å²) in [5, 5.41) is 3.43. The van der Waals surface area contributed by atoms with Crippen molar-refractivity contribution in [3.05, 3.63) is 40.3 Å². The summed E-state index contributed by atoms with van der Waals surface area (Å²) >= 11 is 1.72. The first kappa shape index (κ1) is 13.4. The zero-order chi connectivity index (χ0) is 13.9. The van der Waals surface area contributed by atoms with Gasteiger partial charge < -0.3 is 10.1 Å². The lowest BCUT2D eigenvalue weighted by Gasteiger charge is -2.30. The Morgan fingerprint density at radius 2 is 2.30 bits per heavy atom. The second kappa shape index (κ2) is 5.81. The fraction of sp³-hybridized carbons (Fsp3) is 0.400. The number of thiazole rings is 1. The SMILES string of the molecule is Cc1ncsc1CN(C)CC1CNc2ccccc2O1. The molecule has 0 aliphatic carbocycles. The third kappa shape index (κ3) is 2.94. The molecule has 0 saturated carbocycles. The van der Waals surface area contributed by atoms with E-state index < -0.39 is 0 Å². The Balaban J connectivity index is 1.58. The van der Waals surface area contributed by atoms with Crippen LogP contribution in [0.2, 0.25) is 0 Å². The summed E-state index contributed by atoms with van der Waals surface area (Å²) in [6, 6.07) is 8.10. The van der Waals surface area contributed by atoms with Crippen molar-refractivity contribution in [3.63, 3.8) is 0 Å². The van der Waals surface area contributed by atoms with Crippen LogP contribution < -0.4 is 10.1 Å². The third-order valence-electron chi connectivity index (χ3n) is 3.47. The third-order valence-corrected chi connectivity index (χ3v) is 4.39. The molecule has 1 aliphatic rings. The van der Waals surface area contributed by atoms with Gasteiger partial charge >= 0.3 is 0 Å². The van der Waals surface area contributed by atoms with Crippen molar-refractivity contribution in [2.45, 2.75) is 19.6 Å². The number of nitrogens with zero attached hydrogens (tertiary/aromatic N) is 2. The fourth-order valence-corrected chi connectivity index (χ4v) is 3.25. The van der Waals surface area contributed by atoms with Crippen LogP contribution >= 0.6 is 11.3 Å². The average molecular weight is 289 g/mol. The Hall–Kier alpha value is -1.59. The summed E-state index contributed by atoms with van der Waals surface area (Å²) in [6.07, 6.45) is 0.183. The van der Waals surface area contributed by atoms with Crippen LogP contribution in [0.25, 0.3) is 0 Å². The normalized spacial score (nSPS) is 17.4. The molecule has 20 heavy (non-hydrogen) atoms. The second-order valence-electron chi connectivity index (χ2n) is 5.17. The van der Waals surface area contributed by atoms with Crippen molar-refractivity contribution < 1.29 is 4.74 Å². The maximum Gasteiger partial charge on any atom is 0.142 e. The van der Waals surface area contributed by atoms with Gasteiger partial charge in [0.1, 0.15) is 11.9 Å². The predicted octanol–water partition coefficient (Wildman–Crippen LogP) is 2.76. The van der Waals surface area contributed by atoms with Crippen LogP contribution in [0.15, 0.2) is 29.8 Å². The number of hydrogen-bond acceptors (Lipinski definition) is 5. The van der Waals surface area contributed by atoms with Crippen molar-refractivity contribution in [2.75, 3.05) is 25.5 Å². The zero-order valence-electron chi connectivity index (χ0n) is 11.8. The number of hydrogen-bond donors (Lipinski definition) is 1. The molecular formula is C15H19N3OS. The molecule has 3 rings (SSSR count). The van der Waals surface area contributed by atoms with E-state index in [1.165, 1.54) is 4.88 Å². The molecule has 1 unspecified atom stereocenters. The number of benzene rings is 1. The topological polar surface area (TPSA) is 37.4 Å². The Labute approximate surface area is 123 Å². The van der Waals surface area contributed by atoms with Crippen LogP contribution in [0.1, 0.15) is 10.6 Å².